The van der Waals surface area contributed by atoms with Gasteiger partial charge in [0.25, 0.3) is 0 Å². The molecular formula is C39H59NO13. The Bertz CT molecular complexity index is 1380. The van der Waals surface area contributed by atoms with Crippen molar-refractivity contribution >= 4 is 17.3 Å². The fourth-order valence-corrected chi connectivity index (χ4v) is 9.93. The van der Waals surface area contributed by atoms with Gasteiger partial charge in [0, 0.05) is 50.8 Å². The number of carbonyl (C=O) groups excluding carboxylic acids is 2. The molecule has 0 aromatic rings. The topological polar surface area (TPSA) is 192 Å². The number of aliphatic imine (C=N–C) groups is 1. The number of carbonyl (C=O) groups is 2. The summed E-state index contributed by atoms with van der Waals surface area (Å²) in [6, 6.07) is 0. The van der Waals surface area contributed by atoms with Crippen LogP contribution >= 0.6 is 0 Å². The lowest BCUT2D eigenvalue weighted by Gasteiger charge is -2.53. The van der Waals surface area contributed by atoms with Gasteiger partial charge in [-0.2, -0.15) is 0 Å². The zero-order valence-corrected chi connectivity index (χ0v) is 31.3. The third kappa shape index (κ3) is 8.11. The van der Waals surface area contributed by atoms with E-state index < -0.39 is 73.4 Å². The van der Waals surface area contributed by atoms with Crippen LogP contribution < -0.4 is 0 Å². The van der Waals surface area contributed by atoms with E-state index in [0.29, 0.717) is 19.3 Å². The predicted molar refractivity (Wildman–Crippen MR) is 188 cm³/mol. The van der Waals surface area contributed by atoms with Gasteiger partial charge in [-0.3, -0.25) is 14.6 Å². The Labute approximate surface area is 311 Å². The Morgan fingerprint density at radius 1 is 1.02 bits per heavy atom. The number of Topliss-reactive ketones (excluding diaryl/α,β-unsaturated/α-hetero) is 2. The molecule has 0 aromatic heterocycles. The number of aliphatic hydroxyl groups is 4. The Balaban J connectivity index is 1.11. The van der Waals surface area contributed by atoms with Gasteiger partial charge >= 0.3 is 0 Å². The summed E-state index contributed by atoms with van der Waals surface area (Å²) in [5.74, 6) is -0.376. The number of aliphatic hydroxyl groups excluding tert-OH is 4. The molecule has 8 rings (SSSR count). The minimum absolute atomic E-state index is 0.00872. The molecule has 8 aliphatic rings. The zero-order chi connectivity index (χ0) is 37.6. The molecule has 0 amide bonds. The third-order valence-electron chi connectivity index (χ3n) is 12.9. The molecule has 6 saturated heterocycles. The fraction of sp³-hybridized carbons (Fsp3) is 0.872. The Morgan fingerprint density at radius 2 is 1.83 bits per heavy atom. The fourth-order valence-electron chi connectivity index (χ4n) is 9.93. The largest absolute Gasteiger partial charge is 0.394 e. The van der Waals surface area contributed by atoms with Crippen LogP contribution in [0.3, 0.4) is 0 Å². The number of fused-ring (bicyclic) bond motifs is 6. The molecule has 4 N–H and O–H groups in total. The summed E-state index contributed by atoms with van der Waals surface area (Å²) in [6.07, 6.45) is -3.77. The summed E-state index contributed by atoms with van der Waals surface area (Å²) in [4.78, 5) is 32.1. The maximum Gasteiger partial charge on any atom is 0.213 e. The van der Waals surface area contributed by atoms with E-state index in [1.165, 1.54) is 0 Å². The van der Waals surface area contributed by atoms with Gasteiger partial charge in [-0.15, -0.1) is 0 Å². The predicted octanol–water partition coefficient (Wildman–Crippen LogP) is 1.74. The molecule has 0 radical (unpaired) electrons. The first-order chi connectivity index (χ1) is 25.4. The quantitative estimate of drug-likeness (QED) is 0.263. The van der Waals surface area contributed by atoms with E-state index in [0.717, 1.165) is 37.0 Å². The van der Waals surface area contributed by atoms with Crippen LogP contribution in [0.15, 0.2) is 17.1 Å². The Hall–Kier alpha value is -1.69. The Morgan fingerprint density at radius 3 is 2.58 bits per heavy atom. The minimum Gasteiger partial charge on any atom is -0.394 e. The number of hydrogen-bond acceptors (Lipinski definition) is 14. The number of ether oxygens (including phenoxy) is 7. The third-order valence-corrected chi connectivity index (χ3v) is 12.9. The highest BCUT2D eigenvalue weighted by molar-refractivity contribution is 5.88. The number of ketones is 2. The van der Waals surface area contributed by atoms with E-state index in [9.17, 15) is 30.0 Å². The SMILES string of the molecule is C=C1CC2CCC(=O)CC3OC4C(O)C5(N=C6COC(CC[C@@H]1O2)C[C@H]6C)OC(CC(=O)CC1[C@H](C)O[C@H](CC(O)CO)[C@@H]1OC)CCC5O[C@H]4C3O. The second-order valence-corrected chi connectivity index (χ2v) is 16.6. The highest BCUT2D eigenvalue weighted by Crippen LogP contribution is 2.48. The van der Waals surface area contributed by atoms with Crippen molar-refractivity contribution in [2.75, 3.05) is 20.3 Å². The van der Waals surface area contributed by atoms with E-state index in [-0.39, 0.29) is 86.5 Å². The highest BCUT2D eigenvalue weighted by Gasteiger charge is 2.65. The molecule has 11 unspecified atom stereocenters. The maximum absolute atomic E-state index is 13.7. The maximum atomic E-state index is 13.7. The van der Waals surface area contributed by atoms with Crippen molar-refractivity contribution in [3.05, 3.63) is 12.2 Å². The van der Waals surface area contributed by atoms with Gasteiger partial charge in [0.2, 0.25) is 5.72 Å². The first-order valence-electron chi connectivity index (χ1n) is 19.8. The molecule has 0 aliphatic carbocycles. The smallest absolute Gasteiger partial charge is 0.213 e. The van der Waals surface area contributed by atoms with Crippen molar-refractivity contribution in [2.45, 2.75) is 182 Å². The summed E-state index contributed by atoms with van der Waals surface area (Å²) >= 11 is 0. The average molecular weight is 750 g/mol. The van der Waals surface area contributed by atoms with Crippen LogP contribution in [0.25, 0.3) is 0 Å². The molecule has 1 spiro atoms. The average Bonchev–Trinajstić information content (AvgIpc) is 3.74. The van der Waals surface area contributed by atoms with Gasteiger partial charge in [-0.05, 0) is 63.4 Å². The van der Waals surface area contributed by atoms with E-state index in [1.54, 1.807) is 7.11 Å². The first-order valence-corrected chi connectivity index (χ1v) is 19.8. The van der Waals surface area contributed by atoms with Crippen LogP contribution in [-0.4, -0.2) is 149 Å². The highest BCUT2D eigenvalue weighted by atomic mass is 16.6. The zero-order valence-electron chi connectivity index (χ0n) is 31.3. The summed E-state index contributed by atoms with van der Waals surface area (Å²) < 4.78 is 44.0. The van der Waals surface area contributed by atoms with Crippen molar-refractivity contribution in [3.63, 3.8) is 0 Å². The van der Waals surface area contributed by atoms with Crippen molar-refractivity contribution in [1.29, 1.82) is 0 Å². The van der Waals surface area contributed by atoms with Crippen LogP contribution in [0.5, 0.6) is 0 Å². The molecule has 298 valence electrons. The number of rotatable bonds is 8. The second kappa shape index (κ2) is 16.4. The molecule has 17 atom stereocenters. The van der Waals surface area contributed by atoms with E-state index in [1.807, 2.05) is 6.92 Å². The lowest BCUT2D eigenvalue weighted by Crippen LogP contribution is -2.69. The van der Waals surface area contributed by atoms with Crippen LogP contribution in [0, 0.1) is 11.8 Å². The van der Waals surface area contributed by atoms with Gasteiger partial charge in [-0.1, -0.05) is 13.5 Å². The second-order valence-electron chi connectivity index (χ2n) is 16.6. The van der Waals surface area contributed by atoms with Crippen LogP contribution in [-0.2, 0) is 42.7 Å². The van der Waals surface area contributed by atoms with Crippen LogP contribution in [0.4, 0.5) is 0 Å². The van der Waals surface area contributed by atoms with Gasteiger partial charge in [0.15, 0.2) is 0 Å². The Kier molecular flexibility index (Phi) is 12.3. The summed E-state index contributed by atoms with van der Waals surface area (Å²) in [6.45, 7) is 8.07. The van der Waals surface area contributed by atoms with Gasteiger partial charge in [0.1, 0.15) is 42.1 Å². The van der Waals surface area contributed by atoms with Crippen molar-refractivity contribution in [1.82, 2.24) is 0 Å². The number of hydrogen-bond donors (Lipinski definition) is 4. The molecule has 0 aromatic carbocycles. The summed E-state index contributed by atoms with van der Waals surface area (Å²) in [5.41, 5.74) is 0.142. The van der Waals surface area contributed by atoms with Crippen LogP contribution in [0.1, 0.15) is 90.9 Å². The van der Waals surface area contributed by atoms with E-state index in [2.05, 4.69) is 13.5 Å². The van der Waals surface area contributed by atoms with E-state index in [4.69, 9.17) is 38.2 Å². The van der Waals surface area contributed by atoms with Crippen molar-refractivity contribution < 1.29 is 63.2 Å². The molecule has 0 saturated carbocycles. The number of methoxy groups -OCH3 is 1. The molecule has 14 heteroatoms. The van der Waals surface area contributed by atoms with Gasteiger partial charge in [-0.25, -0.2) is 0 Å². The monoisotopic (exact) mass is 749 g/mol. The van der Waals surface area contributed by atoms with Crippen molar-refractivity contribution in [3.8, 4) is 0 Å². The molecule has 8 heterocycles. The van der Waals surface area contributed by atoms with Crippen LogP contribution in [0.2, 0.25) is 0 Å². The summed E-state index contributed by atoms with van der Waals surface area (Å²) in [7, 11) is 1.55. The van der Waals surface area contributed by atoms with Gasteiger partial charge in [0.05, 0.1) is 68.1 Å². The molecular weight excluding hydrogens is 690 g/mol. The van der Waals surface area contributed by atoms with Crippen molar-refractivity contribution in [2.24, 2.45) is 16.8 Å². The normalized spacial score (nSPS) is 46.8. The lowest BCUT2D eigenvalue weighted by molar-refractivity contribution is -0.307. The molecule has 53 heavy (non-hydrogen) atoms. The molecule has 7 bridgehead atoms. The summed E-state index contributed by atoms with van der Waals surface area (Å²) in [5, 5.41) is 43.0. The van der Waals surface area contributed by atoms with Gasteiger partial charge < -0.3 is 53.6 Å². The molecule has 14 nitrogen and oxygen atoms in total. The molecule has 8 aliphatic heterocycles. The minimum atomic E-state index is -1.62. The number of nitrogens with zero attached hydrogens (tertiary/aromatic N) is 1. The standard InChI is InChI=1S/C39H59NO13/c1-19-11-25-7-9-30-20(2)12-26(50-30)6-5-22(42)15-31-34(45)36-37(51-31)38(46)39(40-29(19)18-48-25)33(52-36)10-8-27(53-39)13-23(43)14-28-21(3)49-32(35(28)47-4)16-24(44)17-41/h19,21,24-28,30-38,41,44-46H,2,5-18H2,1,3-4H3/t19-,21+,24?,25?,26?,27?,28?,30+,31?,32-,33?,34?,35-,36+,37?,38?,39?/m1/s1. The molecule has 6 fully saturated rings. The van der Waals surface area contributed by atoms with E-state index >= 15 is 0 Å². The first kappa shape index (κ1) is 39.5. The lowest BCUT2D eigenvalue weighted by atomic mass is 9.81.